The summed E-state index contributed by atoms with van der Waals surface area (Å²) >= 11 is 3.43. The number of aromatic nitrogens is 3. The molecule has 2 saturated heterocycles. The van der Waals surface area contributed by atoms with Crippen molar-refractivity contribution in [2.45, 2.75) is 58.5 Å². The topological polar surface area (TPSA) is 121 Å². The summed E-state index contributed by atoms with van der Waals surface area (Å²) < 4.78 is 21.4. The van der Waals surface area contributed by atoms with Gasteiger partial charge in [-0.05, 0) is 29.9 Å². The molecular formula is C29H40BrFN6O5. The van der Waals surface area contributed by atoms with Crippen molar-refractivity contribution in [2.24, 2.45) is 17.3 Å². The van der Waals surface area contributed by atoms with Crippen LogP contribution in [0.5, 0.6) is 0 Å². The zero-order chi connectivity index (χ0) is 30.8. The number of rotatable bonds is 7. The van der Waals surface area contributed by atoms with E-state index in [0.717, 1.165) is 0 Å². The third-order valence-corrected chi connectivity index (χ3v) is 8.38. The van der Waals surface area contributed by atoms with Crippen molar-refractivity contribution in [1.82, 2.24) is 29.7 Å². The number of carbonyl (C=O) groups excluding carboxylic acids is 2. The summed E-state index contributed by atoms with van der Waals surface area (Å²) in [5.74, 6) is -1.69. The van der Waals surface area contributed by atoms with Gasteiger partial charge in [-0.3, -0.25) is 9.59 Å². The number of piperidine rings is 1. The number of carboxylic acid groups (broad SMARTS) is 1. The monoisotopic (exact) mass is 650 g/mol. The number of amides is 3. The lowest BCUT2D eigenvalue weighted by Gasteiger charge is -2.52. The summed E-state index contributed by atoms with van der Waals surface area (Å²) in [6.45, 7) is 11.9. The molecule has 3 amide bonds. The fraction of sp³-hybridized carbons (Fsp3) is 0.621. The Labute approximate surface area is 254 Å². The number of alkyl halides is 1. The summed E-state index contributed by atoms with van der Waals surface area (Å²) in [5, 5.41) is 18.9. The van der Waals surface area contributed by atoms with Crippen LogP contribution in [-0.4, -0.2) is 104 Å². The highest BCUT2D eigenvalue weighted by Crippen LogP contribution is 2.38. The highest BCUT2D eigenvalue weighted by molar-refractivity contribution is 9.08. The predicted octanol–water partition coefficient (Wildman–Crippen LogP) is 4.04. The quantitative estimate of drug-likeness (QED) is 0.449. The first-order chi connectivity index (χ1) is 19.8. The first kappa shape index (κ1) is 31.9. The average Bonchev–Trinajstić information content (AvgIpc) is 3.38. The van der Waals surface area contributed by atoms with Gasteiger partial charge in [0.15, 0.2) is 5.69 Å². The number of hydrogen-bond donors (Lipinski definition) is 1. The van der Waals surface area contributed by atoms with Crippen molar-refractivity contribution in [1.29, 1.82) is 0 Å². The van der Waals surface area contributed by atoms with Crippen LogP contribution in [0.1, 0.15) is 57.2 Å². The molecule has 4 rings (SSSR count). The molecule has 3 heterocycles. The van der Waals surface area contributed by atoms with Gasteiger partial charge in [-0.15, -0.1) is 5.10 Å². The van der Waals surface area contributed by atoms with Crippen LogP contribution in [0.3, 0.4) is 0 Å². The Morgan fingerprint density at radius 3 is 2.43 bits per heavy atom. The Bertz CT molecular complexity index is 1290. The highest BCUT2D eigenvalue weighted by Gasteiger charge is 2.50. The predicted molar refractivity (Wildman–Crippen MR) is 157 cm³/mol. The number of nitrogens with zero attached hydrogens (tertiary/aromatic N) is 6. The zero-order valence-corrected chi connectivity index (χ0v) is 26.4. The molecule has 0 bridgehead atoms. The fourth-order valence-electron chi connectivity index (χ4n) is 6.12. The van der Waals surface area contributed by atoms with Crippen molar-refractivity contribution >= 4 is 33.8 Å². The van der Waals surface area contributed by atoms with E-state index in [9.17, 15) is 23.9 Å². The molecule has 1 N–H and O–H groups in total. The lowest BCUT2D eigenvalue weighted by molar-refractivity contribution is -0.144. The first-order valence-electron chi connectivity index (χ1n) is 14.3. The molecule has 0 radical (unpaired) electrons. The zero-order valence-electron chi connectivity index (χ0n) is 24.8. The van der Waals surface area contributed by atoms with Gasteiger partial charge < -0.3 is 24.5 Å². The van der Waals surface area contributed by atoms with E-state index < -0.39 is 41.2 Å². The molecule has 2 aliphatic heterocycles. The lowest BCUT2D eigenvalue weighted by Crippen LogP contribution is -2.66. The molecule has 230 valence electrons. The van der Waals surface area contributed by atoms with Gasteiger partial charge in [0.1, 0.15) is 11.5 Å². The standard InChI is InChI=1S/C29H40BrFN6O5/c1-18(2)16-35(27(39)24-23(15-30)37(33-32-24)21-9-7-6-8-20(21)31)22-14-19(26(38)34-10-12-42-13-11-34)17-36(28(40)41)25(22)29(3,4)5/h6-9,18-19,22,25H,10-17H2,1-5H3,(H,40,41)/t19-,22+,25?/m1/s1. The molecule has 2 aliphatic rings. The maximum absolute atomic E-state index is 14.7. The van der Waals surface area contributed by atoms with E-state index in [1.807, 2.05) is 34.6 Å². The lowest BCUT2D eigenvalue weighted by atomic mass is 9.74. The minimum atomic E-state index is -1.14. The molecule has 1 unspecified atom stereocenters. The van der Waals surface area contributed by atoms with Gasteiger partial charge in [0.25, 0.3) is 5.91 Å². The number of halogens is 2. The summed E-state index contributed by atoms with van der Waals surface area (Å²) in [4.78, 5) is 45.5. The number of para-hydroxylation sites is 1. The summed E-state index contributed by atoms with van der Waals surface area (Å²) in [5.41, 5.74) is 0.0199. The van der Waals surface area contributed by atoms with E-state index in [2.05, 4.69) is 26.2 Å². The maximum Gasteiger partial charge on any atom is 0.407 e. The Hall–Kier alpha value is -3.06. The Balaban J connectivity index is 1.79. The molecule has 0 spiro atoms. The van der Waals surface area contributed by atoms with Crippen molar-refractivity contribution in [3.05, 3.63) is 41.5 Å². The summed E-state index contributed by atoms with van der Waals surface area (Å²) in [6, 6.07) is 4.89. The van der Waals surface area contributed by atoms with Gasteiger partial charge in [0, 0.05) is 31.5 Å². The normalized spacial score (nSPS) is 21.5. The van der Waals surface area contributed by atoms with Crippen molar-refractivity contribution in [2.75, 3.05) is 39.4 Å². The summed E-state index contributed by atoms with van der Waals surface area (Å²) in [7, 11) is 0. The minimum Gasteiger partial charge on any atom is -0.465 e. The molecule has 3 atom stereocenters. The third kappa shape index (κ3) is 6.61. The smallest absolute Gasteiger partial charge is 0.407 e. The van der Waals surface area contributed by atoms with Crippen LogP contribution in [0, 0.1) is 23.1 Å². The largest absolute Gasteiger partial charge is 0.465 e. The van der Waals surface area contributed by atoms with Crippen LogP contribution in [0.25, 0.3) is 5.69 Å². The second-order valence-electron chi connectivity index (χ2n) is 12.4. The molecule has 2 fully saturated rings. The maximum atomic E-state index is 14.7. The van der Waals surface area contributed by atoms with Gasteiger partial charge in [-0.25, -0.2) is 13.9 Å². The third-order valence-electron chi connectivity index (χ3n) is 7.84. The fourth-order valence-corrected chi connectivity index (χ4v) is 6.62. The van der Waals surface area contributed by atoms with Gasteiger partial charge >= 0.3 is 6.09 Å². The molecule has 13 heteroatoms. The van der Waals surface area contributed by atoms with E-state index in [1.54, 1.807) is 28.0 Å². The number of ether oxygens (including phenoxy) is 1. The van der Waals surface area contributed by atoms with Gasteiger partial charge in [0.05, 0.1) is 36.9 Å². The second-order valence-corrected chi connectivity index (χ2v) is 13.0. The molecule has 42 heavy (non-hydrogen) atoms. The van der Waals surface area contributed by atoms with Gasteiger partial charge in [-0.2, -0.15) is 0 Å². The number of likely N-dealkylation sites (tertiary alicyclic amines) is 1. The summed E-state index contributed by atoms with van der Waals surface area (Å²) in [6.07, 6.45) is -0.839. The molecule has 0 saturated carbocycles. The Kier molecular flexibility index (Phi) is 9.92. The minimum absolute atomic E-state index is 0.0252. The van der Waals surface area contributed by atoms with Crippen molar-refractivity contribution < 1.29 is 28.6 Å². The number of carbonyl (C=O) groups is 3. The van der Waals surface area contributed by atoms with Crippen LogP contribution in [-0.2, 0) is 14.9 Å². The number of benzene rings is 1. The molecule has 1 aromatic carbocycles. The molecule has 1 aromatic heterocycles. The van der Waals surface area contributed by atoms with E-state index >= 15 is 0 Å². The molecule has 0 aliphatic carbocycles. The first-order valence-corrected chi connectivity index (χ1v) is 15.4. The van der Waals surface area contributed by atoms with Crippen molar-refractivity contribution in [3.8, 4) is 5.69 Å². The molecular weight excluding hydrogens is 611 g/mol. The van der Waals surface area contributed by atoms with E-state index in [1.165, 1.54) is 15.6 Å². The van der Waals surface area contributed by atoms with Crippen LogP contribution in [0.2, 0.25) is 0 Å². The van der Waals surface area contributed by atoms with Crippen LogP contribution < -0.4 is 0 Å². The van der Waals surface area contributed by atoms with Gasteiger partial charge in [-0.1, -0.05) is 67.9 Å². The highest BCUT2D eigenvalue weighted by atomic mass is 79.9. The average molecular weight is 652 g/mol. The van der Waals surface area contributed by atoms with E-state index in [-0.39, 0.29) is 35.1 Å². The Morgan fingerprint density at radius 2 is 1.86 bits per heavy atom. The van der Waals surface area contributed by atoms with Crippen LogP contribution in [0.4, 0.5) is 9.18 Å². The SMILES string of the molecule is CC(C)CN(C(=O)c1nnn(-c2ccccc2F)c1CBr)[C@H]1C[C@@H](C(=O)N2CCOCC2)CN(C(=O)O)C1C(C)(C)C. The molecule has 11 nitrogen and oxygen atoms in total. The van der Waals surface area contributed by atoms with E-state index in [4.69, 9.17) is 4.74 Å². The van der Waals surface area contributed by atoms with Crippen LogP contribution >= 0.6 is 15.9 Å². The van der Waals surface area contributed by atoms with Crippen LogP contribution in [0.15, 0.2) is 24.3 Å². The van der Waals surface area contributed by atoms with E-state index in [0.29, 0.717) is 45.0 Å². The van der Waals surface area contributed by atoms with Crippen molar-refractivity contribution in [3.63, 3.8) is 0 Å². The second kappa shape index (κ2) is 13.1. The molecule has 2 aromatic rings. The number of hydrogen-bond acceptors (Lipinski definition) is 6. The Morgan fingerprint density at radius 1 is 1.19 bits per heavy atom. The number of morpholine rings is 1. The van der Waals surface area contributed by atoms with Gasteiger partial charge in [0.2, 0.25) is 5.91 Å².